The molecule has 0 aliphatic carbocycles. The first-order valence-corrected chi connectivity index (χ1v) is 8.13. The Morgan fingerprint density at radius 1 is 1.29 bits per heavy atom. The first-order chi connectivity index (χ1) is 9.87. The van der Waals surface area contributed by atoms with E-state index in [2.05, 4.69) is 15.0 Å². The van der Waals surface area contributed by atoms with Crippen LogP contribution in [0, 0.1) is 6.92 Å². The minimum absolute atomic E-state index is 0.0995. The molecule has 0 radical (unpaired) electrons. The summed E-state index contributed by atoms with van der Waals surface area (Å²) in [6.07, 6.45) is 1.55. The van der Waals surface area contributed by atoms with Gasteiger partial charge >= 0.3 is 0 Å². The average molecular weight is 309 g/mol. The van der Waals surface area contributed by atoms with Crippen molar-refractivity contribution in [1.29, 1.82) is 0 Å². The molecule has 0 atom stereocenters. The Hall–Kier alpha value is -1.86. The first-order valence-electron chi connectivity index (χ1n) is 6.64. The van der Waals surface area contributed by atoms with Gasteiger partial charge in [-0.1, -0.05) is 13.8 Å². The lowest BCUT2D eigenvalue weighted by Gasteiger charge is -2.07. The largest absolute Gasteiger partial charge is 0.446 e. The smallest absolute Gasteiger partial charge is 0.295 e. The van der Waals surface area contributed by atoms with E-state index < -0.39 is 10.0 Å². The third-order valence-corrected chi connectivity index (χ3v) is 3.99. The van der Waals surface area contributed by atoms with Crippen molar-refractivity contribution in [1.82, 2.24) is 10.3 Å². The number of nitrogens with zero attached hydrogens (tertiary/aromatic N) is 1. The van der Waals surface area contributed by atoms with Gasteiger partial charge in [-0.3, -0.25) is 9.71 Å². The van der Waals surface area contributed by atoms with E-state index in [1.54, 1.807) is 31.3 Å². The molecule has 0 aromatic carbocycles. The van der Waals surface area contributed by atoms with Crippen molar-refractivity contribution >= 4 is 15.7 Å². The van der Waals surface area contributed by atoms with Crippen molar-refractivity contribution < 1.29 is 12.8 Å². The molecule has 0 unspecified atom stereocenters. The van der Waals surface area contributed by atoms with Gasteiger partial charge in [0.25, 0.3) is 10.0 Å². The van der Waals surface area contributed by atoms with E-state index in [4.69, 9.17) is 4.42 Å². The number of rotatable bonds is 6. The molecule has 0 bridgehead atoms. The van der Waals surface area contributed by atoms with Crippen LogP contribution in [0.2, 0.25) is 0 Å². The summed E-state index contributed by atoms with van der Waals surface area (Å²) in [5, 5.41) is 3.07. The Bertz CT molecular complexity index is 708. The van der Waals surface area contributed by atoms with Crippen molar-refractivity contribution in [3.63, 3.8) is 0 Å². The monoisotopic (exact) mass is 309 g/mol. The highest BCUT2D eigenvalue weighted by atomic mass is 32.2. The van der Waals surface area contributed by atoms with Gasteiger partial charge in [0.15, 0.2) is 0 Å². The maximum Gasteiger partial charge on any atom is 0.295 e. The van der Waals surface area contributed by atoms with Crippen LogP contribution in [-0.4, -0.2) is 19.4 Å². The fourth-order valence-corrected chi connectivity index (χ4v) is 2.72. The van der Waals surface area contributed by atoms with Gasteiger partial charge in [0.05, 0.1) is 12.2 Å². The normalized spacial score (nSPS) is 11.8. The molecule has 2 N–H and O–H groups in total. The molecule has 2 aromatic rings. The summed E-state index contributed by atoms with van der Waals surface area (Å²) in [7, 11) is -3.72. The number of furan rings is 1. The topological polar surface area (TPSA) is 84.2 Å². The predicted molar refractivity (Wildman–Crippen MR) is 80.5 cm³/mol. The van der Waals surface area contributed by atoms with Gasteiger partial charge in [0, 0.05) is 17.9 Å². The molecule has 0 saturated carbocycles. The summed E-state index contributed by atoms with van der Waals surface area (Å²) in [5.41, 5.74) is 1.19. The molecule has 0 spiro atoms. The van der Waals surface area contributed by atoms with E-state index in [-0.39, 0.29) is 5.09 Å². The van der Waals surface area contributed by atoms with Gasteiger partial charge in [-0.05, 0) is 31.2 Å². The maximum absolute atomic E-state index is 12.2. The van der Waals surface area contributed by atoms with Gasteiger partial charge in [0.2, 0.25) is 5.09 Å². The van der Waals surface area contributed by atoms with Crippen molar-refractivity contribution in [3.05, 3.63) is 41.9 Å². The third kappa shape index (κ3) is 4.30. The molecular weight excluding hydrogens is 290 g/mol. The Morgan fingerprint density at radius 2 is 2.05 bits per heavy atom. The molecule has 2 rings (SSSR count). The molecule has 2 aromatic heterocycles. The standard InChI is InChI=1S/C14H19N3O3S/c1-10(2)16-9-13-4-5-14(20-13)21(18,19)17-12-6-7-15-11(3)8-12/h4-8,10,16H,9H2,1-3H3,(H,15,17). The lowest BCUT2D eigenvalue weighted by Crippen LogP contribution is -2.21. The summed E-state index contributed by atoms with van der Waals surface area (Å²) in [4.78, 5) is 4.02. The second kappa shape index (κ2) is 6.28. The summed E-state index contributed by atoms with van der Waals surface area (Å²) in [5.74, 6) is 0.579. The van der Waals surface area contributed by atoms with E-state index in [9.17, 15) is 8.42 Å². The Balaban J connectivity index is 2.12. The Morgan fingerprint density at radius 3 is 2.71 bits per heavy atom. The highest BCUT2D eigenvalue weighted by molar-refractivity contribution is 7.92. The van der Waals surface area contributed by atoms with E-state index >= 15 is 0 Å². The van der Waals surface area contributed by atoms with Crippen LogP contribution in [-0.2, 0) is 16.6 Å². The second-order valence-electron chi connectivity index (χ2n) is 5.05. The third-order valence-electron chi connectivity index (χ3n) is 2.74. The van der Waals surface area contributed by atoms with Crippen molar-refractivity contribution in [2.24, 2.45) is 0 Å². The molecule has 2 heterocycles. The van der Waals surface area contributed by atoms with Crippen LogP contribution in [0.4, 0.5) is 5.69 Å². The van der Waals surface area contributed by atoms with Crippen LogP contribution in [0.1, 0.15) is 25.3 Å². The molecule has 0 saturated heterocycles. The number of sulfonamides is 1. The summed E-state index contributed by atoms with van der Waals surface area (Å²) < 4.78 is 32.3. The average Bonchev–Trinajstić information content (AvgIpc) is 2.85. The van der Waals surface area contributed by atoms with Crippen LogP contribution < -0.4 is 10.0 Å². The number of aromatic nitrogens is 1. The highest BCUT2D eigenvalue weighted by Crippen LogP contribution is 2.18. The maximum atomic E-state index is 12.2. The van der Waals surface area contributed by atoms with Crippen LogP contribution in [0.3, 0.4) is 0 Å². The van der Waals surface area contributed by atoms with Crippen LogP contribution in [0.25, 0.3) is 0 Å². The summed E-state index contributed by atoms with van der Waals surface area (Å²) in [6.45, 7) is 6.30. The molecule has 0 aliphatic heterocycles. The number of aryl methyl sites for hydroxylation is 1. The minimum atomic E-state index is -3.72. The fraction of sp³-hybridized carbons (Fsp3) is 0.357. The molecule has 0 amide bonds. The molecule has 0 fully saturated rings. The van der Waals surface area contributed by atoms with Gasteiger partial charge in [-0.15, -0.1) is 0 Å². The second-order valence-corrected chi connectivity index (χ2v) is 6.66. The zero-order valence-corrected chi connectivity index (χ0v) is 13.1. The van der Waals surface area contributed by atoms with E-state index in [0.29, 0.717) is 24.0 Å². The minimum Gasteiger partial charge on any atom is -0.446 e. The van der Waals surface area contributed by atoms with Gasteiger partial charge in [-0.25, -0.2) is 0 Å². The Kier molecular flexibility index (Phi) is 4.64. The molecule has 6 nitrogen and oxygen atoms in total. The van der Waals surface area contributed by atoms with Crippen molar-refractivity contribution in [2.75, 3.05) is 4.72 Å². The molecule has 21 heavy (non-hydrogen) atoms. The highest BCUT2D eigenvalue weighted by Gasteiger charge is 2.19. The van der Waals surface area contributed by atoms with Crippen molar-refractivity contribution in [2.45, 2.75) is 38.5 Å². The number of nitrogens with one attached hydrogen (secondary N) is 2. The fourth-order valence-electron chi connectivity index (χ4n) is 1.72. The first kappa shape index (κ1) is 15.5. The Labute approximate surface area is 124 Å². The quantitative estimate of drug-likeness (QED) is 0.855. The SMILES string of the molecule is Cc1cc(NS(=O)(=O)c2ccc(CNC(C)C)o2)ccn1. The van der Waals surface area contributed by atoms with Crippen molar-refractivity contribution in [3.8, 4) is 0 Å². The lowest BCUT2D eigenvalue weighted by molar-refractivity contribution is 0.396. The van der Waals surface area contributed by atoms with Gasteiger partial charge in [-0.2, -0.15) is 8.42 Å². The van der Waals surface area contributed by atoms with Crippen LogP contribution in [0.5, 0.6) is 0 Å². The number of anilines is 1. The molecule has 7 heteroatoms. The van der Waals surface area contributed by atoms with E-state index in [1.807, 2.05) is 13.8 Å². The zero-order chi connectivity index (χ0) is 15.5. The number of hydrogen-bond acceptors (Lipinski definition) is 5. The van der Waals surface area contributed by atoms with Gasteiger partial charge in [0.1, 0.15) is 5.76 Å². The summed E-state index contributed by atoms with van der Waals surface area (Å²) in [6, 6.07) is 6.65. The molecular formula is C14H19N3O3S. The van der Waals surface area contributed by atoms with E-state index in [0.717, 1.165) is 5.69 Å². The predicted octanol–water partition coefficient (Wildman–Crippen LogP) is 2.28. The molecule has 114 valence electrons. The van der Waals surface area contributed by atoms with Gasteiger partial charge < -0.3 is 9.73 Å². The van der Waals surface area contributed by atoms with Crippen LogP contribution in [0.15, 0.2) is 40.0 Å². The lowest BCUT2D eigenvalue weighted by atomic mass is 10.3. The molecule has 0 aliphatic rings. The number of hydrogen-bond donors (Lipinski definition) is 2. The summed E-state index contributed by atoms with van der Waals surface area (Å²) >= 11 is 0. The number of pyridine rings is 1. The zero-order valence-electron chi connectivity index (χ0n) is 12.3. The van der Waals surface area contributed by atoms with E-state index in [1.165, 1.54) is 6.07 Å². The van der Waals surface area contributed by atoms with Crippen LogP contribution >= 0.6 is 0 Å².